The van der Waals surface area contributed by atoms with Gasteiger partial charge in [0.2, 0.25) is 5.84 Å². The number of carbonyl (C=O) groups excluding carboxylic acids is 1. The molecule has 35 valence electrons. The van der Waals surface area contributed by atoms with Crippen molar-refractivity contribution in [2.45, 2.75) is 0 Å². The van der Waals surface area contributed by atoms with E-state index in [0.29, 0.717) is 6.29 Å². The average molecular weight is 96.1 g/mol. The van der Waals surface area contributed by atoms with Crippen molar-refractivity contribution in [2.75, 3.05) is 0 Å². The van der Waals surface area contributed by atoms with Crippen LogP contribution in [0.2, 0.25) is 0 Å². The second kappa shape index (κ2) is 1.51. The van der Waals surface area contributed by atoms with Crippen molar-refractivity contribution in [1.82, 2.24) is 5.32 Å². The lowest BCUT2D eigenvalue weighted by atomic mass is 10.7. The Kier molecular flexibility index (Phi) is 0.856. The molecule has 1 heterocycles. The van der Waals surface area contributed by atoms with Gasteiger partial charge in [0.05, 0.1) is 0 Å². The van der Waals surface area contributed by atoms with Crippen LogP contribution in [0, 0.1) is 0 Å². The monoisotopic (exact) mass is 96.0 g/mol. The molecule has 0 aromatic heterocycles. The van der Waals surface area contributed by atoms with Gasteiger partial charge in [-0.05, 0) is 0 Å². The smallest absolute Gasteiger partial charge is 0.216 e. The van der Waals surface area contributed by atoms with E-state index in [1.165, 1.54) is 6.34 Å². The largest absolute Gasteiger partial charge is 0.294 e. The fourth-order valence-electron chi connectivity index (χ4n) is 0.250. The lowest BCUT2D eigenvalue weighted by Crippen LogP contribution is -2.09. The molecule has 0 fully saturated rings. The van der Waals surface area contributed by atoms with E-state index in [1.54, 1.807) is 0 Å². The van der Waals surface area contributed by atoms with Crippen LogP contribution in [0.4, 0.5) is 0 Å². The van der Waals surface area contributed by atoms with Crippen LogP contribution in [0.15, 0.2) is 10.2 Å². The van der Waals surface area contributed by atoms with Gasteiger partial charge in [-0.3, -0.25) is 4.79 Å². The fourth-order valence-corrected chi connectivity index (χ4v) is 0.250. The van der Waals surface area contributed by atoms with Crippen LogP contribution in [-0.2, 0) is 4.79 Å². The van der Waals surface area contributed by atoms with Gasteiger partial charge in [0.15, 0.2) is 6.29 Å². The summed E-state index contributed by atoms with van der Waals surface area (Å²) in [4.78, 5) is 9.70. The molecule has 1 rings (SSSR count). The van der Waals surface area contributed by atoms with Gasteiger partial charge in [0.25, 0.3) is 0 Å². The molecule has 0 saturated heterocycles. The molecular formula is C3H2N3O. The first-order valence-corrected chi connectivity index (χ1v) is 1.69. The molecule has 1 radical (unpaired) electrons. The maximum Gasteiger partial charge on any atom is 0.216 e. The molecule has 0 unspecified atom stereocenters. The van der Waals surface area contributed by atoms with E-state index in [4.69, 9.17) is 0 Å². The van der Waals surface area contributed by atoms with Crippen LogP contribution in [-0.4, -0.2) is 18.5 Å². The molecule has 0 amide bonds. The van der Waals surface area contributed by atoms with Crippen molar-refractivity contribution < 1.29 is 4.79 Å². The predicted octanol–water partition coefficient (Wildman–Crippen LogP) is -0.855. The summed E-state index contributed by atoms with van der Waals surface area (Å²) in [5.41, 5.74) is 0. The maximum atomic E-state index is 9.70. The van der Waals surface area contributed by atoms with Gasteiger partial charge in [-0.2, -0.15) is 0 Å². The topological polar surface area (TPSA) is 55.9 Å². The standard InChI is InChI=1S/C3H2N3O/c7-1-3-4-2-5-6-3/h1-2H. The van der Waals surface area contributed by atoms with Gasteiger partial charge >= 0.3 is 0 Å². The van der Waals surface area contributed by atoms with Gasteiger partial charge in [-0.15, -0.1) is 10.2 Å². The summed E-state index contributed by atoms with van der Waals surface area (Å²) in [7, 11) is 0. The van der Waals surface area contributed by atoms with Crippen LogP contribution < -0.4 is 5.32 Å². The third-order valence-corrected chi connectivity index (χ3v) is 0.507. The molecule has 1 aliphatic heterocycles. The van der Waals surface area contributed by atoms with E-state index in [1.807, 2.05) is 0 Å². The van der Waals surface area contributed by atoms with Gasteiger partial charge < -0.3 is 0 Å². The number of amidine groups is 1. The van der Waals surface area contributed by atoms with E-state index < -0.39 is 0 Å². The van der Waals surface area contributed by atoms with Crippen LogP contribution in [0.5, 0.6) is 0 Å². The SMILES string of the molecule is O=CC1=NN=C[N]1. The molecule has 1 aliphatic rings. The number of carbonyl (C=O) groups is 1. The van der Waals surface area contributed by atoms with Crippen molar-refractivity contribution in [3.05, 3.63) is 0 Å². The Bertz CT molecular complexity index is 137. The van der Waals surface area contributed by atoms with Gasteiger partial charge in [0.1, 0.15) is 6.34 Å². The third kappa shape index (κ3) is 0.623. The average Bonchev–Trinajstić information content (AvgIpc) is 2.14. The van der Waals surface area contributed by atoms with Crippen molar-refractivity contribution >= 4 is 18.5 Å². The Hall–Kier alpha value is -1.19. The Morgan fingerprint density at radius 2 is 2.57 bits per heavy atom. The molecule has 0 aromatic rings. The van der Waals surface area contributed by atoms with Gasteiger partial charge in [-0.1, -0.05) is 0 Å². The summed E-state index contributed by atoms with van der Waals surface area (Å²) in [6, 6.07) is 0. The third-order valence-electron chi connectivity index (χ3n) is 0.507. The molecular weight excluding hydrogens is 94.1 g/mol. The molecule has 0 aromatic carbocycles. The van der Waals surface area contributed by atoms with Crippen LogP contribution >= 0.6 is 0 Å². The van der Waals surface area contributed by atoms with Gasteiger partial charge in [0, 0.05) is 0 Å². The molecule has 0 spiro atoms. The molecule has 0 saturated carbocycles. The summed E-state index contributed by atoms with van der Waals surface area (Å²) in [6.45, 7) is 0. The Labute approximate surface area is 39.9 Å². The Morgan fingerprint density at radius 3 is 2.86 bits per heavy atom. The predicted molar refractivity (Wildman–Crippen MR) is 24.1 cm³/mol. The number of rotatable bonds is 1. The first-order valence-electron chi connectivity index (χ1n) is 1.69. The molecule has 0 atom stereocenters. The Balaban J connectivity index is 2.61. The summed E-state index contributed by atoms with van der Waals surface area (Å²) in [6.07, 6.45) is 1.77. The van der Waals surface area contributed by atoms with E-state index in [9.17, 15) is 4.79 Å². The minimum atomic E-state index is 0.139. The van der Waals surface area contributed by atoms with Crippen molar-refractivity contribution in [3.8, 4) is 0 Å². The summed E-state index contributed by atoms with van der Waals surface area (Å²) in [5.74, 6) is 0.139. The van der Waals surface area contributed by atoms with Crippen LogP contribution in [0.1, 0.15) is 0 Å². The first kappa shape index (κ1) is 3.98. The fraction of sp³-hybridized carbons (Fsp3) is 0. The highest BCUT2D eigenvalue weighted by Gasteiger charge is 1.97. The lowest BCUT2D eigenvalue weighted by Gasteiger charge is -1.74. The normalized spacial score (nSPS) is 15.7. The van der Waals surface area contributed by atoms with E-state index in [-0.39, 0.29) is 5.84 Å². The molecule has 0 bridgehead atoms. The lowest BCUT2D eigenvalue weighted by molar-refractivity contribution is -0.102. The molecule has 4 heteroatoms. The second-order valence-corrected chi connectivity index (χ2v) is 0.936. The number of hydrogen-bond acceptors (Lipinski definition) is 3. The maximum absolute atomic E-state index is 9.70. The van der Waals surface area contributed by atoms with Crippen molar-refractivity contribution in [2.24, 2.45) is 10.2 Å². The number of aldehydes is 1. The number of hydrogen-bond donors (Lipinski definition) is 0. The highest BCUT2D eigenvalue weighted by atomic mass is 16.1. The summed E-state index contributed by atoms with van der Waals surface area (Å²) < 4.78 is 0. The minimum Gasteiger partial charge on any atom is -0.294 e. The van der Waals surface area contributed by atoms with E-state index in [2.05, 4.69) is 15.5 Å². The Morgan fingerprint density at radius 1 is 1.71 bits per heavy atom. The second-order valence-electron chi connectivity index (χ2n) is 0.936. The molecule has 0 aliphatic carbocycles. The van der Waals surface area contributed by atoms with Gasteiger partial charge in [-0.25, -0.2) is 5.32 Å². The van der Waals surface area contributed by atoms with E-state index in [0.717, 1.165) is 0 Å². The highest BCUT2D eigenvalue weighted by Crippen LogP contribution is 1.78. The minimum absolute atomic E-state index is 0.139. The molecule has 7 heavy (non-hydrogen) atoms. The zero-order valence-corrected chi connectivity index (χ0v) is 3.40. The highest BCUT2D eigenvalue weighted by molar-refractivity contribution is 6.30. The zero-order chi connectivity index (χ0) is 5.11. The molecule has 4 nitrogen and oxygen atoms in total. The van der Waals surface area contributed by atoms with Crippen LogP contribution in [0.3, 0.4) is 0 Å². The number of nitrogens with zero attached hydrogens (tertiary/aromatic N) is 3. The van der Waals surface area contributed by atoms with E-state index >= 15 is 0 Å². The van der Waals surface area contributed by atoms with Crippen molar-refractivity contribution in [1.29, 1.82) is 0 Å². The first-order chi connectivity index (χ1) is 3.43. The molecule has 0 N–H and O–H groups in total. The quantitative estimate of drug-likeness (QED) is 0.392. The summed E-state index contributed by atoms with van der Waals surface area (Å²) in [5, 5.41) is 10.1. The zero-order valence-electron chi connectivity index (χ0n) is 3.40. The van der Waals surface area contributed by atoms with Crippen LogP contribution in [0.25, 0.3) is 0 Å². The summed E-state index contributed by atoms with van der Waals surface area (Å²) >= 11 is 0. The van der Waals surface area contributed by atoms with Crippen molar-refractivity contribution in [3.63, 3.8) is 0 Å².